The first-order chi connectivity index (χ1) is 14.4. The molecule has 6 nitrogen and oxygen atoms in total. The molecule has 4 aromatic rings. The summed E-state index contributed by atoms with van der Waals surface area (Å²) in [5.74, 6) is 1.57. The second-order valence-corrected chi connectivity index (χ2v) is 7.40. The molecule has 29 heavy (non-hydrogen) atoms. The number of aromatic nitrogens is 4. The SMILES string of the molecule is c1ccc2c(CNCC3CN(c4ccc(-c5ccncc5)nn4)C3)ccnc2c1. The van der Waals surface area contributed by atoms with Gasteiger partial charge < -0.3 is 10.2 Å². The Bertz CT molecular complexity index is 1090. The molecule has 1 aromatic carbocycles. The zero-order valence-electron chi connectivity index (χ0n) is 16.1. The van der Waals surface area contributed by atoms with Crippen LogP contribution >= 0.6 is 0 Å². The average molecular weight is 382 g/mol. The second-order valence-electron chi connectivity index (χ2n) is 7.40. The number of benzene rings is 1. The molecule has 0 radical (unpaired) electrons. The van der Waals surface area contributed by atoms with Gasteiger partial charge in [0.1, 0.15) is 0 Å². The highest BCUT2D eigenvalue weighted by molar-refractivity contribution is 5.81. The third kappa shape index (κ3) is 3.79. The van der Waals surface area contributed by atoms with Gasteiger partial charge in [-0.25, -0.2) is 0 Å². The van der Waals surface area contributed by atoms with Crippen molar-refractivity contribution in [3.63, 3.8) is 0 Å². The maximum absolute atomic E-state index is 4.43. The van der Waals surface area contributed by atoms with Crippen molar-refractivity contribution >= 4 is 16.7 Å². The highest BCUT2D eigenvalue weighted by Crippen LogP contribution is 2.24. The number of rotatable bonds is 6. The van der Waals surface area contributed by atoms with Crippen LogP contribution in [0.1, 0.15) is 5.56 Å². The first-order valence-corrected chi connectivity index (χ1v) is 9.89. The maximum Gasteiger partial charge on any atom is 0.151 e. The molecule has 0 atom stereocenters. The molecule has 144 valence electrons. The van der Waals surface area contributed by atoms with Gasteiger partial charge in [0.2, 0.25) is 0 Å². The molecule has 0 unspecified atom stereocenters. The highest BCUT2D eigenvalue weighted by Gasteiger charge is 2.27. The van der Waals surface area contributed by atoms with E-state index in [0.717, 1.165) is 48.8 Å². The lowest BCUT2D eigenvalue weighted by Gasteiger charge is -2.40. The third-order valence-corrected chi connectivity index (χ3v) is 5.40. The van der Waals surface area contributed by atoms with Crippen LogP contribution in [0.2, 0.25) is 0 Å². The molecular weight excluding hydrogens is 360 g/mol. The molecule has 5 rings (SSSR count). The van der Waals surface area contributed by atoms with E-state index in [2.05, 4.69) is 60.7 Å². The topological polar surface area (TPSA) is 66.8 Å². The second kappa shape index (κ2) is 7.93. The fraction of sp³-hybridized carbons (Fsp3) is 0.217. The molecule has 1 fully saturated rings. The van der Waals surface area contributed by atoms with E-state index in [1.54, 1.807) is 12.4 Å². The number of nitrogens with zero attached hydrogens (tertiary/aromatic N) is 5. The van der Waals surface area contributed by atoms with E-state index in [-0.39, 0.29) is 0 Å². The van der Waals surface area contributed by atoms with Gasteiger partial charge in [0.15, 0.2) is 5.82 Å². The van der Waals surface area contributed by atoms with Crippen LogP contribution in [0.3, 0.4) is 0 Å². The molecule has 0 saturated carbocycles. The summed E-state index contributed by atoms with van der Waals surface area (Å²) in [5.41, 5.74) is 4.26. The summed E-state index contributed by atoms with van der Waals surface area (Å²) >= 11 is 0. The minimum absolute atomic E-state index is 0.629. The summed E-state index contributed by atoms with van der Waals surface area (Å²) < 4.78 is 0. The van der Waals surface area contributed by atoms with Gasteiger partial charge in [-0.1, -0.05) is 18.2 Å². The van der Waals surface area contributed by atoms with E-state index >= 15 is 0 Å². The monoisotopic (exact) mass is 382 g/mol. The average Bonchev–Trinajstić information content (AvgIpc) is 2.76. The lowest BCUT2D eigenvalue weighted by atomic mass is 10.00. The summed E-state index contributed by atoms with van der Waals surface area (Å²) in [6.45, 7) is 3.87. The van der Waals surface area contributed by atoms with Crippen molar-refractivity contribution in [3.05, 3.63) is 78.8 Å². The molecule has 4 heterocycles. The normalized spacial score (nSPS) is 14.1. The Labute approximate surface area is 169 Å². The van der Waals surface area contributed by atoms with Crippen LogP contribution in [-0.2, 0) is 6.54 Å². The van der Waals surface area contributed by atoms with Crippen molar-refractivity contribution in [2.45, 2.75) is 6.54 Å². The first-order valence-electron chi connectivity index (χ1n) is 9.89. The number of nitrogens with one attached hydrogen (secondary N) is 1. The van der Waals surface area contributed by atoms with Gasteiger partial charge in [0.25, 0.3) is 0 Å². The number of hydrogen-bond donors (Lipinski definition) is 1. The first kappa shape index (κ1) is 17.7. The van der Waals surface area contributed by atoms with E-state index in [1.807, 2.05) is 30.5 Å². The lowest BCUT2D eigenvalue weighted by Crippen LogP contribution is -2.51. The fourth-order valence-electron chi connectivity index (χ4n) is 3.78. The quantitative estimate of drug-likeness (QED) is 0.552. The van der Waals surface area contributed by atoms with Gasteiger partial charge >= 0.3 is 0 Å². The largest absolute Gasteiger partial charge is 0.354 e. The molecule has 1 aliphatic rings. The molecule has 0 spiro atoms. The van der Waals surface area contributed by atoms with E-state index in [4.69, 9.17) is 0 Å². The van der Waals surface area contributed by atoms with Crippen LogP contribution < -0.4 is 10.2 Å². The van der Waals surface area contributed by atoms with Crippen molar-refractivity contribution in [3.8, 4) is 11.3 Å². The predicted molar refractivity (Wildman–Crippen MR) is 114 cm³/mol. The molecule has 1 saturated heterocycles. The van der Waals surface area contributed by atoms with Crippen LogP contribution in [0.15, 0.2) is 73.2 Å². The summed E-state index contributed by atoms with van der Waals surface area (Å²) in [4.78, 5) is 10.7. The summed E-state index contributed by atoms with van der Waals surface area (Å²) in [5, 5.41) is 13.6. The van der Waals surface area contributed by atoms with Crippen molar-refractivity contribution in [1.29, 1.82) is 0 Å². The van der Waals surface area contributed by atoms with Crippen LogP contribution in [0.5, 0.6) is 0 Å². The minimum Gasteiger partial charge on any atom is -0.354 e. The Hall–Kier alpha value is -3.38. The number of hydrogen-bond acceptors (Lipinski definition) is 6. The minimum atomic E-state index is 0.629. The van der Waals surface area contributed by atoms with Crippen LogP contribution in [0.25, 0.3) is 22.2 Å². The predicted octanol–water partition coefficient (Wildman–Crippen LogP) is 3.31. The Morgan fingerprint density at radius 3 is 2.59 bits per heavy atom. The zero-order chi connectivity index (χ0) is 19.5. The highest BCUT2D eigenvalue weighted by atomic mass is 15.3. The standard InChI is InChI=1S/C23H22N6/c1-2-4-22-20(3-1)19(9-12-26-22)14-25-13-17-15-29(16-17)23-6-5-21(27-28-23)18-7-10-24-11-8-18/h1-12,17,25H,13-16H2. The molecule has 0 amide bonds. The van der Waals surface area contributed by atoms with Crippen molar-refractivity contribution in [2.75, 3.05) is 24.5 Å². The number of pyridine rings is 2. The van der Waals surface area contributed by atoms with Gasteiger partial charge in [-0.3, -0.25) is 9.97 Å². The Morgan fingerprint density at radius 1 is 0.897 bits per heavy atom. The van der Waals surface area contributed by atoms with Crippen molar-refractivity contribution in [1.82, 2.24) is 25.5 Å². The summed E-state index contributed by atoms with van der Waals surface area (Å²) in [7, 11) is 0. The van der Waals surface area contributed by atoms with Crippen molar-refractivity contribution < 1.29 is 0 Å². The Morgan fingerprint density at radius 2 is 1.76 bits per heavy atom. The molecule has 3 aromatic heterocycles. The molecular formula is C23H22N6. The molecule has 0 aliphatic carbocycles. The van der Waals surface area contributed by atoms with Gasteiger partial charge in [-0.2, -0.15) is 0 Å². The van der Waals surface area contributed by atoms with Gasteiger partial charge in [-0.15, -0.1) is 10.2 Å². The summed E-state index contributed by atoms with van der Waals surface area (Å²) in [6, 6.07) is 18.4. The Kier molecular flexibility index (Phi) is 4.84. The molecule has 0 bridgehead atoms. The number of anilines is 1. The van der Waals surface area contributed by atoms with E-state index in [1.165, 1.54) is 10.9 Å². The van der Waals surface area contributed by atoms with E-state index < -0.39 is 0 Å². The molecule has 1 N–H and O–H groups in total. The molecule has 6 heteroatoms. The number of fused-ring (bicyclic) bond motifs is 1. The van der Waals surface area contributed by atoms with Crippen molar-refractivity contribution in [2.24, 2.45) is 5.92 Å². The third-order valence-electron chi connectivity index (χ3n) is 5.40. The Balaban J connectivity index is 1.13. The fourth-order valence-corrected chi connectivity index (χ4v) is 3.78. The van der Waals surface area contributed by atoms with Gasteiger partial charge in [0.05, 0.1) is 11.2 Å². The maximum atomic E-state index is 4.43. The van der Waals surface area contributed by atoms with Crippen LogP contribution in [0, 0.1) is 5.92 Å². The van der Waals surface area contributed by atoms with E-state index in [9.17, 15) is 0 Å². The molecule has 1 aliphatic heterocycles. The lowest BCUT2D eigenvalue weighted by molar-refractivity contribution is 0.382. The van der Waals surface area contributed by atoms with Crippen LogP contribution in [-0.4, -0.2) is 39.8 Å². The van der Waals surface area contributed by atoms with Crippen LogP contribution in [0.4, 0.5) is 5.82 Å². The van der Waals surface area contributed by atoms with E-state index in [0.29, 0.717) is 5.92 Å². The smallest absolute Gasteiger partial charge is 0.151 e. The zero-order valence-corrected chi connectivity index (χ0v) is 16.1. The number of para-hydroxylation sites is 1. The summed E-state index contributed by atoms with van der Waals surface area (Å²) in [6.07, 6.45) is 5.43. The van der Waals surface area contributed by atoms with Gasteiger partial charge in [0, 0.05) is 61.6 Å². The van der Waals surface area contributed by atoms with Gasteiger partial charge in [-0.05, 0) is 42.0 Å².